The SMILES string of the molecule is Cc1nc(Cl)c2nc(C3CCCCC3)sc2n1. The maximum atomic E-state index is 6.11. The summed E-state index contributed by atoms with van der Waals surface area (Å²) < 4.78 is 0. The summed E-state index contributed by atoms with van der Waals surface area (Å²) in [6.07, 6.45) is 6.51. The van der Waals surface area contributed by atoms with Crippen molar-refractivity contribution in [3.63, 3.8) is 0 Å². The molecule has 2 aromatic heterocycles. The number of rotatable bonds is 1. The Labute approximate surface area is 109 Å². The predicted octanol–water partition coefficient (Wildman–Crippen LogP) is 4.10. The molecule has 2 aromatic rings. The maximum Gasteiger partial charge on any atom is 0.159 e. The first kappa shape index (κ1) is 11.4. The molecule has 0 atom stereocenters. The van der Waals surface area contributed by atoms with Crippen LogP contribution in [0.15, 0.2) is 0 Å². The highest BCUT2D eigenvalue weighted by molar-refractivity contribution is 7.18. The lowest BCUT2D eigenvalue weighted by atomic mass is 9.90. The molecule has 90 valence electrons. The van der Waals surface area contributed by atoms with Crippen molar-refractivity contribution in [1.29, 1.82) is 0 Å². The van der Waals surface area contributed by atoms with Crippen molar-refractivity contribution in [3.05, 3.63) is 16.0 Å². The Bertz CT molecular complexity index is 546. The zero-order valence-electron chi connectivity index (χ0n) is 9.74. The van der Waals surface area contributed by atoms with Gasteiger partial charge in [0.2, 0.25) is 0 Å². The molecule has 1 aliphatic rings. The molecule has 17 heavy (non-hydrogen) atoms. The Kier molecular flexibility index (Phi) is 3.01. The number of aromatic nitrogens is 3. The van der Waals surface area contributed by atoms with Crippen molar-refractivity contribution in [2.24, 2.45) is 0 Å². The molecule has 3 nitrogen and oxygen atoms in total. The third kappa shape index (κ3) is 2.16. The molecule has 1 fully saturated rings. The van der Waals surface area contributed by atoms with Gasteiger partial charge < -0.3 is 0 Å². The number of thiazole rings is 1. The molecule has 0 radical (unpaired) electrons. The molecule has 0 amide bonds. The Morgan fingerprint density at radius 3 is 2.65 bits per heavy atom. The summed E-state index contributed by atoms with van der Waals surface area (Å²) in [5.41, 5.74) is 0.780. The molecule has 0 N–H and O–H groups in total. The van der Waals surface area contributed by atoms with Gasteiger partial charge in [-0.3, -0.25) is 0 Å². The number of halogens is 1. The van der Waals surface area contributed by atoms with Crippen LogP contribution in [0.4, 0.5) is 0 Å². The molecule has 0 spiro atoms. The van der Waals surface area contributed by atoms with Crippen molar-refractivity contribution >= 4 is 33.3 Å². The van der Waals surface area contributed by atoms with Gasteiger partial charge in [0.05, 0.1) is 5.01 Å². The lowest BCUT2D eigenvalue weighted by molar-refractivity contribution is 0.443. The van der Waals surface area contributed by atoms with Gasteiger partial charge in [-0.2, -0.15) is 0 Å². The van der Waals surface area contributed by atoms with E-state index in [9.17, 15) is 0 Å². The molecule has 0 aliphatic heterocycles. The lowest BCUT2D eigenvalue weighted by Gasteiger charge is -2.18. The van der Waals surface area contributed by atoms with E-state index in [0.29, 0.717) is 11.1 Å². The van der Waals surface area contributed by atoms with Gasteiger partial charge in [-0.25, -0.2) is 15.0 Å². The Balaban J connectivity index is 2.03. The normalized spacial score (nSPS) is 17.8. The van der Waals surface area contributed by atoms with Crippen LogP contribution in [0.2, 0.25) is 5.15 Å². The predicted molar refractivity (Wildman–Crippen MR) is 70.8 cm³/mol. The first-order valence-electron chi connectivity index (χ1n) is 6.04. The molecule has 3 rings (SSSR count). The van der Waals surface area contributed by atoms with Crippen LogP contribution in [0.25, 0.3) is 10.3 Å². The largest absolute Gasteiger partial charge is 0.236 e. The van der Waals surface area contributed by atoms with Gasteiger partial charge in [-0.1, -0.05) is 42.2 Å². The zero-order chi connectivity index (χ0) is 11.8. The summed E-state index contributed by atoms with van der Waals surface area (Å²) >= 11 is 7.79. The number of aryl methyl sites for hydroxylation is 1. The molecule has 1 saturated carbocycles. The topological polar surface area (TPSA) is 38.7 Å². The van der Waals surface area contributed by atoms with E-state index in [1.807, 2.05) is 6.92 Å². The molecule has 0 bridgehead atoms. The van der Waals surface area contributed by atoms with E-state index in [1.54, 1.807) is 11.3 Å². The molecule has 1 aliphatic carbocycles. The average molecular weight is 268 g/mol. The molecular weight excluding hydrogens is 254 g/mol. The molecule has 5 heteroatoms. The Morgan fingerprint density at radius 1 is 1.12 bits per heavy atom. The second-order valence-corrected chi connectivity index (χ2v) is 5.97. The van der Waals surface area contributed by atoms with E-state index in [-0.39, 0.29) is 0 Å². The molecular formula is C12H14ClN3S. The van der Waals surface area contributed by atoms with Gasteiger partial charge in [-0.15, -0.1) is 0 Å². The summed E-state index contributed by atoms with van der Waals surface area (Å²) in [6.45, 7) is 1.87. The van der Waals surface area contributed by atoms with Gasteiger partial charge >= 0.3 is 0 Å². The summed E-state index contributed by atoms with van der Waals surface area (Å²) in [5.74, 6) is 1.33. The Hall–Kier alpha value is -0.740. The van der Waals surface area contributed by atoms with E-state index in [1.165, 1.54) is 37.1 Å². The van der Waals surface area contributed by atoms with Crippen molar-refractivity contribution in [2.45, 2.75) is 44.9 Å². The zero-order valence-corrected chi connectivity index (χ0v) is 11.3. The van der Waals surface area contributed by atoms with Crippen LogP contribution in [0.1, 0.15) is 48.9 Å². The van der Waals surface area contributed by atoms with Gasteiger partial charge in [0.25, 0.3) is 0 Å². The van der Waals surface area contributed by atoms with Gasteiger partial charge in [0, 0.05) is 5.92 Å². The highest BCUT2D eigenvalue weighted by atomic mass is 35.5. The number of fused-ring (bicyclic) bond motifs is 1. The quantitative estimate of drug-likeness (QED) is 0.731. The van der Waals surface area contributed by atoms with E-state index in [4.69, 9.17) is 11.6 Å². The second kappa shape index (κ2) is 4.50. The maximum absolute atomic E-state index is 6.11. The van der Waals surface area contributed by atoms with Crippen LogP contribution < -0.4 is 0 Å². The average Bonchev–Trinajstić information content (AvgIpc) is 2.74. The van der Waals surface area contributed by atoms with Crippen LogP contribution in [0.3, 0.4) is 0 Å². The first-order valence-corrected chi connectivity index (χ1v) is 7.24. The number of hydrogen-bond donors (Lipinski definition) is 0. The monoisotopic (exact) mass is 267 g/mol. The molecule has 2 heterocycles. The van der Waals surface area contributed by atoms with E-state index < -0.39 is 0 Å². The van der Waals surface area contributed by atoms with Crippen LogP contribution >= 0.6 is 22.9 Å². The van der Waals surface area contributed by atoms with Crippen molar-refractivity contribution < 1.29 is 0 Å². The standard InChI is InChI=1S/C12H14ClN3S/c1-7-14-10(13)9-12(15-7)17-11(16-9)8-5-3-2-4-6-8/h8H,2-6H2,1H3. The fourth-order valence-corrected chi connectivity index (χ4v) is 3.89. The van der Waals surface area contributed by atoms with E-state index in [0.717, 1.165) is 16.2 Å². The van der Waals surface area contributed by atoms with Gasteiger partial charge in [-0.05, 0) is 19.8 Å². The van der Waals surface area contributed by atoms with Crippen LogP contribution in [-0.4, -0.2) is 15.0 Å². The van der Waals surface area contributed by atoms with Crippen molar-refractivity contribution in [3.8, 4) is 0 Å². The van der Waals surface area contributed by atoms with Crippen LogP contribution in [-0.2, 0) is 0 Å². The van der Waals surface area contributed by atoms with Gasteiger partial charge in [0.1, 0.15) is 16.2 Å². The van der Waals surface area contributed by atoms with Crippen LogP contribution in [0.5, 0.6) is 0 Å². The highest BCUT2D eigenvalue weighted by Crippen LogP contribution is 2.37. The Morgan fingerprint density at radius 2 is 1.88 bits per heavy atom. The molecule has 0 saturated heterocycles. The van der Waals surface area contributed by atoms with Crippen molar-refractivity contribution in [1.82, 2.24) is 15.0 Å². The third-order valence-corrected chi connectivity index (χ3v) is 4.67. The summed E-state index contributed by atoms with van der Waals surface area (Å²) in [6, 6.07) is 0. The summed E-state index contributed by atoms with van der Waals surface area (Å²) in [7, 11) is 0. The minimum Gasteiger partial charge on any atom is -0.236 e. The second-order valence-electron chi connectivity index (χ2n) is 4.60. The third-order valence-electron chi connectivity index (χ3n) is 3.30. The minimum atomic E-state index is 0.491. The van der Waals surface area contributed by atoms with Gasteiger partial charge in [0.15, 0.2) is 5.15 Å². The van der Waals surface area contributed by atoms with E-state index >= 15 is 0 Å². The summed E-state index contributed by atoms with van der Waals surface area (Å²) in [4.78, 5) is 14.1. The fourth-order valence-electron chi connectivity index (χ4n) is 2.43. The fraction of sp³-hybridized carbons (Fsp3) is 0.583. The van der Waals surface area contributed by atoms with E-state index in [2.05, 4.69) is 15.0 Å². The minimum absolute atomic E-state index is 0.491. The highest BCUT2D eigenvalue weighted by Gasteiger charge is 2.20. The van der Waals surface area contributed by atoms with Crippen LogP contribution in [0, 0.1) is 6.92 Å². The van der Waals surface area contributed by atoms with Crippen molar-refractivity contribution in [2.75, 3.05) is 0 Å². The molecule has 0 unspecified atom stereocenters. The molecule has 0 aromatic carbocycles. The summed E-state index contributed by atoms with van der Waals surface area (Å²) in [5, 5.41) is 1.69. The first-order chi connectivity index (χ1) is 8.24. The smallest absolute Gasteiger partial charge is 0.159 e. The number of hydrogen-bond acceptors (Lipinski definition) is 4. The number of nitrogens with zero attached hydrogens (tertiary/aromatic N) is 3. The lowest BCUT2D eigenvalue weighted by Crippen LogP contribution is -2.03.